The van der Waals surface area contributed by atoms with Crippen LogP contribution in [0, 0.1) is 11.8 Å². The summed E-state index contributed by atoms with van der Waals surface area (Å²) in [6.07, 6.45) is 1.57. The number of hydrogen-bond donors (Lipinski definition) is 1. The molecule has 1 saturated heterocycles. The highest BCUT2D eigenvalue weighted by molar-refractivity contribution is 6.33. The molecule has 11 heteroatoms. The average Bonchev–Trinajstić information content (AvgIpc) is 3.38. The van der Waals surface area contributed by atoms with Crippen LogP contribution in [0.15, 0.2) is 12.3 Å². The quantitative estimate of drug-likeness (QED) is 0.683. The summed E-state index contributed by atoms with van der Waals surface area (Å²) in [4.78, 5) is 33.3. The molecule has 0 aromatic carbocycles. The Bertz CT molecular complexity index is 1200. The van der Waals surface area contributed by atoms with E-state index in [1.807, 2.05) is 4.90 Å². The van der Waals surface area contributed by atoms with Gasteiger partial charge in [-0.3, -0.25) is 14.0 Å². The smallest absolute Gasteiger partial charge is 0.393 e. The molecule has 4 aliphatic rings. The number of piperazine rings is 1. The van der Waals surface area contributed by atoms with Crippen molar-refractivity contribution < 1.29 is 27.9 Å². The number of amides is 2. The molecule has 7 nitrogen and oxygen atoms in total. The van der Waals surface area contributed by atoms with Crippen molar-refractivity contribution >= 4 is 29.1 Å². The number of nitrogens with zero attached hydrogens (tertiary/aromatic N) is 4. The van der Waals surface area contributed by atoms with E-state index in [-0.39, 0.29) is 47.9 Å². The Balaban J connectivity index is 1.22. The molecule has 1 aliphatic heterocycles. The van der Waals surface area contributed by atoms with Crippen molar-refractivity contribution in [2.75, 3.05) is 19.6 Å². The maximum absolute atomic E-state index is 13.8. The van der Waals surface area contributed by atoms with Gasteiger partial charge in [-0.15, -0.1) is 0 Å². The van der Waals surface area contributed by atoms with Gasteiger partial charge >= 0.3 is 6.18 Å². The highest BCUT2D eigenvalue weighted by Gasteiger charge is 2.45. The van der Waals surface area contributed by atoms with Crippen LogP contribution in [0.5, 0.6) is 0 Å². The number of aliphatic hydroxyl groups excluding tert-OH is 1. The van der Waals surface area contributed by atoms with E-state index in [9.17, 15) is 27.9 Å². The second-order valence-electron chi connectivity index (χ2n) is 10.5. The summed E-state index contributed by atoms with van der Waals surface area (Å²) < 4.78 is 42.5. The Labute approximate surface area is 204 Å². The second kappa shape index (κ2) is 8.09. The monoisotopic (exact) mass is 510 g/mol. The fourth-order valence-electron chi connectivity index (χ4n) is 6.33. The number of halogens is 4. The molecule has 0 spiro atoms. The lowest BCUT2D eigenvalue weighted by Crippen LogP contribution is -2.55. The molecule has 2 aromatic rings. The van der Waals surface area contributed by atoms with Gasteiger partial charge in [0, 0.05) is 25.3 Å². The van der Waals surface area contributed by atoms with Crippen LogP contribution in [-0.2, 0) is 11.0 Å². The minimum Gasteiger partial charge on any atom is -0.393 e. The number of carbonyl (C=O) groups is 2. The summed E-state index contributed by atoms with van der Waals surface area (Å²) in [5, 5.41) is 9.69. The van der Waals surface area contributed by atoms with E-state index in [4.69, 9.17) is 11.6 Å². The lowest BCUT2D eigenvalue weighted by atomic mass is 10.0. The predicted molar refractivity (Wildman–Crippen MR) is 120 cm³/mol. The minimum atomic E-state index is -4.64. The van der Waals surface area contributed by atoms with Crippen LogP contribution in [0.25, 0.3) is 5.65 Å². The SMILES string of the molecule is O=C(c1nc2c(C(F)(F)F)cc(C3CC3)cn2c1Cl)N1CCN([C@H]2C[C@H]3CC(O)C[C@H]3C2)C(=O)C1. The van der Waals surface area contributed by atoms with Crippen LogP contribution in [-0.4, -0.2) is 67.9 Å². The average molecular weight is 511 g/mol. The number of pyridine rings is 1. The highest BCUT2D eigenvalue weighted by atomic mass is 35.5. The molecule has 3 heterocycles. The van der Waals surface area contributed by atoms with Crippen molar-refractivity contribution in [3.8, 4) is 0 Å². The fraction of sp³-hybridized carbons (Fsp3) is 0.625. The number of aromatic nitrogens is 2. The number of carbonyl (C=O) groups excluding carboxylic acids is 2. The van der Waals surface area contributed by atoms with Gasteiger partial charge in [0.2, 0.25) is 5.91 Å². The fourth-order valence-corrected chi connectivity index (χ4v) is 6.58. The molecule has 1 N–H and O–H groups in total. The van der Waals surface area contributed by atoms with Crippen molar-refractivity contribution in [3.63, 3.8) is 0 Å². The first-order valence-corrected chi connectivity index (χ1v) is 12.5. The molecule has 0 radical (unpaired) electrons. The molecular weight excluding hydrogens is 485 g/mol. The van der Waals surface area contributed by atoms with Crippen LogP contribution < -0.4 is 0 Å². The number of alkyl halides is 3. The standard InChI is InChI=1S/C24H26ClF3N4O3/c25-21-20(29-22-18(24(26,27)28)9-15(10-32(21)22)12-1-2-12)23(35)30-3-4-31(19(34)11-30)16-5-13-7-17(33)8-14(13)6-16/h9-10,12-14,16-17,33H,1-8,11H2/t13-,14+,16-,17?. The van der Waals surface area contributed by atoms with Crippen LogP contribution in [0.3, 0.4) is 0 Å². The summed E-state index contributed by atoms with van der Waals surface area (Å²) in [6.45, 7) is 0.474. The van der Waals surface area contributed by atoms with E-state index < -0.39 is 23.3 Å². The zero-order valence-corrected chi connectivity index (χ0v) is 19.7. The Morgan fingerprint density at radius 3 is 2.40 bits per heavy atom. The first kappa shape index (κ1) is 23.1. The largest absolute Gasteiger partial charge is 0.419 e. The molecule has 2 aromatic heterocycles. The molecule has 1 unspecified atom stereocenters. The molecule has 4 fully saturated rings. The van der Waals surface area contributed by atoms with Gasteiger partial charge in [-0.2, -0.15) is 13.2 Å². The predicted octanol–water partition coefficient (Wildman–Crippen LogP) is 3.72. The van der Waals surface area contributed by atoms with Gasteiger partial charge in [-0.25, -0.2) is 4.98 Å². The molecule has 188 valence electrons. The Morgan fingerprint density at radius 2 is 1.80 bits per heavy atom. The van der Waals surface area contributed by atoms with Gasteiger partial charge in [0.25, 0.3) is 5.91 Å². The highest BCUT2D eigenvalue weighted by Crippen LogP contribution is 2.46. The van der Waals surface area contributed by atoms with E-state index in [0.29, 0.717) is 23.9 Å². The van der Waals surface area contributed by atoms with E-state index in [0.717, 1.165) is 49.0 Å². The van der Waals surface area contributed by atoms with Gasteiger partial charge in [-0.05, 0) is 67.9 Å². The van der Waals surface area contributed by atoms with Gasteiger partial charge in [0.05, 0.1) is 11.7 Å². The lowest BCUT2D eigenvalue weighted by molar-refractivity contribution is -0.138. The summed E-state index contributed by atoms with van der Waals surface area (Å²) in [6, 6.07) is 1.21. The van der Waals surface area contributed by atoms with Crippen LogP contribution in [0.4, 0.5) is 13.2 Å². The van der Waals surface area contributed by atoms with E-state index in [1.54, 1.807) is 0 Å². The van der Waals surface area contributed by atoms with Crippen molar-refractivity contribution in [1.82, 2.24) is 19.2 Å². The van der Waals surface area contributed by atoms with Crippen LogP contribution in [0.1, 0.15) is 66.1 Å². The number of rotatable bonds is 3. The van der Waals surface area contributed by atoms with Crippen molar-refractivity contribution in [2.45, 2.75) is 62.8 Å². The van der Waals surface area contributed by atoms with E-state index in [1.165, 1.54) is 11.1 Å². The van der Waals surface area contributed by atoms with Crippen LogP contribution >= 0.6 is 11.6 Å². The number of imidazole rings is 1. The van der Waals surface area contributed by atoms with Gasteiger partial charge in [0.15, 0.2) is 11.3 Å². The Hall–Kier alpha value is -2.33. The summed E-state index contributed by atoms with van der Waals surface area (Å²) in [5.74, 6) is 0.105. The first-order valence-electron chi connectivity index (χ1n) is 12.2. The zero-order chi connectivity index (χ0) is 24.6. The maximum atomic E-state index is 13.8. The van der Waals surface area contributed by atoms with E-state index >= 15 is 0 Å². The number of fused-ring (bicyclic) bond motifs is 2. The van der Waals surface area contributed by atoms with Crippen molar-refractivity contribution in [2.24, 2.45) is 11.8 Å². The second-order valence-corrected chi connectivity index (χ2v) is 10.8. The molecule has 35 heavy (non-hydrogen) atoms. The third-order valence-electron chi connectivity index (χ3n) is 8.19. The minimum absolute atomic E-state index is 0.0576. The summed E-state index contributed by atoms with van der Waals surface area (Å²) >= 11 is 6.40. The van der Waals surface area contributed by atoms with Gasteiger partial charge in [0.1, 0.15) is 11.7 Å². The van der Waals surface area contributed by atoms with Crippen molar-refractivity contribution in [3.05, 3.63) is 34.2 Å². The molecule has 0 bridgehead atoms. The molecule has 4 atom stereocenters. The number of aliphatic hydroxyl groups is 1. The Morgan fingerprint density at radius 1 is 1.11 bits per heavy atom. The lowest BCUT2D eigenvalue weighted by Gasteiger charge is -2.38. The van der Waals surface area contributed by atoms with E-state index in [2.05, 4.69) is 4.98 Å². The molecule has 3 saturated carbocycles. The van der Waals surface area contributed by atoms with Crippen molar-refractivity contribution in [1.29, 1.82) is 0 Å². The third kappa shape index (κ3) is 3.98. The third-order valence-corrected chi connectivity index (χ3v) is 8.55. The number of hydrogen-bond acceptors (Lipinski definition) is 4. The maximum Gasteiger partial charge on any atom is 0.419 e. The molecule has 3 aliphatic carbocycles. The van der Waals surface area contributed by atoms with Crippen LogP contribution in [0.2, 0.25) is 5.15 Å². The van der Waals surface area contributed by atoms with Gasteiger partial charge < -0.3 is 14.9 Å². The molecule has 2 amide bonds. The summed E-state index contributed by atoms with van der Waals surface area (Å²) in [7, 11) is 0. The van der Waals surface area contributed by atoms with Gasteiger partial charge in [-0.1, -0.05) is 11.6 Å². The zero-order valence-electron chi connectivity index (χ0n) is 19.0. The normalized spacial score (nSPS) is 29.3. The molecular formula is C24H26ClF3N4O3. The summed E-state index contributed by atoms with van der Waals surface area (Å²) in [5.41, 5.74) is -1.06. The Kier molecular flexibility index (Phi) is 5.34. The first-order chi connectivity index (χ1) is 16.6. The molecule has 6 rings (SSSR count). The topological polar surface area (TPSA) is 78.2 Å².